The fourth-order valence-electron chi connectivity index (χ4n) is 2.14. The van der Waals surface area contributed by atoms with Crippen molar-refractivity contribution in [3.63, 3.8) is 0 Å². The number of halogens is 2. The van der Waals surface area contributed by atoms with Crippen LogP contribution in [0.5, 0.6) is 5.75 Å². The molecule has 7 heteroatoms. The summed E-state index contributed by atoms with van der Waals surface area (Å²) in [4.78, 5) is 23.8. The summed E-state index contributed by atoms with van der Waals surface area (Å²) in [5.41, 5.74) is -0.653. The highest BCUT2D eigenvalue weighted by atomic mass is 19.1. The number of Topliss-reactive ketones (excluding diaryl/α,β-unsaturated/α-hetero) is 1. The van der Waals surface area contributed by atoms with Crippen LogP contribution in [0.25, 0.3) is 6.08 Å². The Morgan fingerprint density at radius 1 is 1.30 bits per heavy atom. The van der Waals surface area contributed by atoms with E-state index in [4.69, 9.17) is 9.47 Å². The van der Waals surface area contributed by atoms with Gasteiger partial charge in [-0.1, -0.05) is 0 Å². The monoisotopic (exact) mass is 326 g/mol. The fraction of sp³-hybridized carbons (Fsp3) is 0.375. The zero-order chi connectivity index (χ0) is 17.0. The van der Waals surface area contributed by atoms with Crippen molar-refractivity contribution < 1.29 is 33.0 Å². The molecule has 5 nitrogen and oxygen atoms in total. The average molecular weight is 326 g/mol. The Morgan fingerprint density at radius 3 is 2.57 bits per heavy atom. The molecule has 1 aromatic carbocycles. The van der Waals surface area contributed by atoms with E-state index >= 15 is 0 Å². The fourth-order valence-corrected chi connectivity index (χ4v) is 2.14. The second kappa shape index (κ2) is 7.32. The summed E-state index contributed by atoms with van der Waals surface area (Å²) in [5.74, 6) is -5.05. The zero-order valence-electron chi connectivity index (χ0n) is 12.5. The second-order valence-electron chi connectivity index (χ2n) is 5.13. The van der Waals surface area contributed by atoms with Crippen molar-refractivity contribution >= 4 is 17.8 Å². The number of carbonyl (C=O) groups excluding carboxylic acids is 2. The Kier molecular flexibility index (Phi) is 5.44. The predicted molar refractivity (Wildman–Crippen MR) is 76.6 cm³/mol. The molecule has 0 amide bonds. The first-order chi connectivity index (χ1) is 10.9. The third-order valence-corrected chi connectivity index (χ3v) is 3.44. The van der Waals surface area contributed by atoms with Crippen molar-refractivity contribution in [1.82, 2.24) is 0 Å². The van der Waals surface area contributed by atoms with Crippen LogP contribution >= 0.6 is 0 Å². The summed E-state index contributed by atoms with van der Waals surface area (Å²) in [6.07, 6.45) is 1.61. The van der Waals surface area contributed by atoms with Gasteiger partial charge in [-0.2, -0.15) is 0 Å². The van der Waals surface area contributed by atoms with Crippen LogP contribution in [0.4, 0.5) is 8.78 Å². The molecule has 124 valence electrons. The standard InChI is InChI=1S/C16H16F2O5/c1-9(19)12(16(21)23-11-4-6-22-7-5-11)8-10-2-3-13(17)15(20)14(10)18/h2-3,8,11,20H,4-7H2,1H3/b12-8-. The molecule has 0 atom stereocenters. The molecule has 0 saturated carbocycles. The number of ketones is 1. The topological polar surface area (TPSA) is 72.8 Å². The number of rotatable bonds is 4. The highest BCUT2D eigenvalue weighted by Crippen LogP contribution is 2.25. The molecule has 1 aliphatic heterocycles. The lowest BCUT2D eigenvalue weighted by molar-refractivity contribution is -0.149. The molecule has 0 radical (unpaired) electrons. The Labute approximate surface area is 131 Å². The van der Waals surface area contributed by atoms with Gasteiger partial charge >= 0.3 is 5.97 Å². The molecular weight excluding hydrogens is 310 g/mol. The summed E-state index contributed by atoms with van der Waals surface area (Å²) in [5, 5.41) is 9.24. The van der Waals surface area contributed by atoms with Crippen LogP contribution in [0, 0.1) is 11.6 Å². The highest BCUT2D eigenvalue weighted by Gasteiger charge is 2.23. The van der Waals surface area contributed by atoms with E-state index in [0.29, 0.717) is 26.1 Å². The van der Waals surface area contributed by atoms with Crippen molar-refractivity contribution in [1.29, 1.82) is 0 Å². The van der Waals surface area contributed by atoms with Gasteiger partial charge in [0.15, 0.2) is 23.2 Å². The van der Waals surface area contributed by atoms with Crippen molar-refractivity contribution in [3.05, 3.63) is 34.9 Å². The normalized spacial score (nSPS) is 16.2. The number of ether oxygens (including phenoxy) is 2. The van der Waals surface area contributed by atoms with Crippen molar-refractivity contribution in [2.45, 2.75) is 25.9 Å². The maximum atomic E-state index is 13.8. The molecule has 1 fully saturated rings. The van der Waals surface area contributed by atoms with E-state index in [2.05, 4.69) is 0 Å². The van der Waals surface area contributed by atoms with Crippen LogP contribution < -0.4 is 0 Å². The Bertz CT molecular complexity index is 648. The largest absolute Gasteiger partial charge is 0.503 e. The van der Waals surface area contributed by atoms with Gasteiger partial charge in [0.05, 0.1) is 13.2 Å². The van der Waals surface area contributed by atoms with Gasteiger partial charge in [0, 0.05) is 18.4 Å². The second-order valence-corrected chi connectivity index (χ2v) is 5.13. The Hall–Kier alpha value is -2.28. The number of aromatic hydroxyl groups is 1. The van der Waals surface area contributed by atoms with Gasteiger partial charge in [-0.05, 0) is 25.1 Å². The first-order valence-corrected chi connectivity index (χ1v) is 7.08. The van der Waals surface area contributed by atoms with Crippen molar-refractivity contribution in [2.75, 3.05) is 13.2 Å². The molecule has 1 heterocycles. The lowest BCUT2D eigenvalue weighted by Crippen LogP contribution is -2.27. The molecule has 1 aromatic rings. The molecule has 0 unspecified atom stereocenters. The van der Waals surface area contributed by atoms with E-state index in [1.54, 1.807) is 0 Å². The van der Waals surface area contributed by atoms with Crippen LogP contribution in [0.3, 0.4) is 0 Å². The Morgan fingerprint density at radius 2 is 1.96 bits per heavy atom. The highest BCUT2D eigenvalue weighted by molar-refractivity contribution is 6.19. The molecule has 1 aliphatic rings. The van der Waals surface area contributed by atoms with Crippen LogP contribution in [-0.4, -0.2) is 36.2 Å². The number of carbonyl (C=O) groups is 2. The molecule has 23 heavy (non-hydrogen) atoms. The molecule has 1 saturated heterocycles. The summed E-state index contributed by atoms with van der Waals surface area (Å²) in [6, 6.07) is 1.86. The minimum Gasteiger partial charge on any atom is -0.503 e. The third kappa shape index (κ3) is 4.13. The molecule has 0 bridgehead atoms. The molecule has 0 aromatic heterocycles. The van der Waals surface area contributed by atoms with Gasteiger partial charge in [0.25, 0.3) is 0 Å². The van der Waals surface area contributed by atoms with Gasteiger partial charge in [0.1, 0.15) is 11.7 Å². The summed E-state index contributed by atoms with van der Waals surface area (Å²) < 4.78 is 37.2. The van der Waals surface area contributed by atoms with Gasteiger partial charge < -0.3 is 14.6 Å². The first-order valence-electron chi connectivity index (χ1n) is 7.08. The molecule has 2 rings (SSSR count). The lowest BCUT2D eigenvalue weighted by Gasteiger charge is -2.22. The van der Waals surface area contributed by atoms with Crippen molar-refractivity contribution in [3.8, 4) is 5.75 Å². The smallest absolute Gasteiger partial charge is 0.342 e. The van der Waals surface area contributed by atoms with Crippen LogP contribution in [0.15, 0.2) is 17.7 Å². The molecule has 0 spiro atoms. The average Bonchev–Trinajstić information content (AvgIpc) is 2.52. The van der Waals surface area contributed by atoms with E-state index in [-0.39, 0.29) is 17.2 Å². The van der Waals surface area contributed by atoms with E-state index in [1.807, 2.05) is 0 Å². The van der Waals surface area contributed by atoms with E-state index < -0.39 is 29.1 Å². The number of benzene rings is 1. The van der Waals surface area contributed by atoms with E-state index in [9.17, 15) is 23.5 Å². The maximum Gasteiger partial charge on any atom is 0.342 e. The SMILES string of the molecule is CC(=O)/C(=C/c1ccc(F)c(O)c1F)C(=O)OC1CCOCC1. The van der Waals surface area contributed by atoms with E-state index in [0.717, 1.165) is 25.1 Å². The summed E-state index contributed by atoms with van der Waals surface area (Å²) >= 11 is 0. The molecule has 0 aliphatic carbocycles. The van der Waals surface area contributed by atoms with Gasteiger partial charge in [-0.3, -0.25) is 4.79 Å². The lowest BCUT2D eigenvalue weighted by atomic mass is 10.1. The van der Waals surface area contributed by atoms with Gasteiger partial charge in [0.2, 0.25) is 0 Å². The number of esters is 1. The van der Waals surface area contributed by atoms with Crippen molar-refractivity contribution in [2.24, 2.45) is 0 Å². The molecular formula is C16H16F2O5. The zero-order valence-corrected chi connectivity index (χ0v) is 12.5. The van der Waals surface area contributed by atoms with Crippen LogP contribution in [0.1, 0.15) is 25.3 Å². The third-order valence-electron chi connectivity index (χ3n) is 3.44. The number of phenolic OH excluding ortho intramolecular Hbond substituents is 1. The molecule has 1 N–H and O–H groups in total. The summed E-state index contributed by atoms with van der Waals surface area (Å²) in [7, 11) is 0. The first kappa shape index (κ1) is 17.1. The number of hydrogen-bond acceptors (Lipinski definition) is 5. The summed E-state index contributed by atoms with van der Waals surface area (Å²) in [6.45, 7) is 2.05. The number of phenols is 1. The minimum atomic E-state index is -1.25. The van der Waals surface area contributed by atoms with Gasteiger partial charge in [-0.15, -0.1) is 0 Å². The predicted octanol–water partition coefficient (Wildman–Crippen LogP) is 2.37. The van der Waals surface area contributed by atoms with Crippen LogP contribution in [-0.2, 0) is 19.1 Å². The van der Waals surface area contributed by atoms with Gasteiger partial charge in [-0.25, -0.2) is 13.6 Å². The van der Waals surface area contributed by atoms with E-state index in [1.165, 1.54) is 0 Å². The Balaban J connectivity index is 2.25. The van der Waals surface area contributed by atoms with Crippen LogP contribution in [0.2, 0.25) is 0 Å². The quantitative estimate of drug-likeness (QED) is 0.398. The number of hydrogen-bond donors (Lipinski definition) is 1. The maximum absolute atomic E-state index is 13.8. The minimum absolute atomic E-state index is 0.280.